The van der Waals surface area contributed by atoms with Crippen molar-refractivity contribution in [2.24, 2.45) is 11.1 Å². The molecule has 1 aromatic carbocycles. The molecular formula is C13H19NO. The van der Waals surface area contributed by atoms with E-state index in [-0.39, 0.29) is 11.5 Å². The number of ether oxygens (including phenoxy) is 1. The van der Waals surface area contributed by atoms with Gasteiger partial charge in [-0.2, -0.15) is 0 Å². The molecule has 2 N–H and O–H groups in total. The Balaban J connectivity index is 2.28. The van der Waals surface area contributed by atoms with E-state index in [0.717, 1.165) is 12.4 Å². The molecule has 1 aliphatic rings. The van der Waals surface area contributed by atoms with Crippen molar-refractivity contribution in [3.8, 4) is 5.75 Å². The Hall–Kier alpha value is -1.02. The SMILES string of the molecule is CC(C)(C)C(N)C1COc2ccccc21. The van der Waals surface area contributed by atoms with E-state index < -0.39 is 0 Å². The number of rotatable bonds is 1. The van der Waals surface area contributed by atoms with Gasteiger partial charge in [-0.1, -0.05) is 39.0 Å². The van der Waals surface area contributed by atoms with Crippen LogP contribution in [0.3, 0.4) is 0 Å². The minimum Gasteiger partial charge on any atom is -0.493 e. The van der Waals surface area contributed by atoms with Gasteiger partial charge in [0.05, 0.1) is 6.61 Å². The largest absolute Gasteiger partial charge is 0.493 e. The zero-order valence-corrected chi connectivity index (χ0v) is 9.66. The topological polar surface area (TPSA) is 35.2 Å². The van der Waals surface area contributed by atoms with E-state index in [1.165, 1.54) is 5.56 Å². The first-order valence-electron chi connectivity index (χ1n) is 5.47. The maximum atomic E-state index is 6.29. The highest BCUT2D eigenvalue weighted by Crippen LogP contribution is 2.39. The maximum Gasteiger partial charge on any atom is 0.122 e. The van der Waals surface area contributed by atoms with Gasteiger partial charge >= 0.3 is 0 Å². The van der Waals surface area contributed by atoms with Gasteiger partial charge in [0.2, 0.25) is 0 Å². The molecule has 0 amide bonds. The molecular weight excluding hydrogens is 186 g/mol. The molecule has 2 nitrogen and oxygen atoms in total. The van der Waals surface area contributed by atoms with Crippen molar-refractivity contribution in [2.75, 3.05) is 6.61 Å². The molecule has 2 heteroatoms. The van der Waals surface area contributed by atoms with Crippen molar-refractivity contribution in [2.45, 2.75) is 32.7 Å². The lowest BCUT2D eigenvalue weighted by Crippen LogP contribution is -2.41. The van der Waals surface area contributed by atoms with E-state index in [1.807, 2.05) is 12.1 Å². The predicted octanol–water partition coefficient (Wildman–Crippen LogP) is 2.54. The number of para-hydroxylation sites is 1. The normalized spacial score (nSPS) is 22.0. The van der Waals surface area contributed by atoms with E-state index in [0.29, 0.717) is 5.92 Å². The zero-order chi connectivity index (χ0) is 11.1. The van der Waals surface area contributed by atoms with Crippen molar-refractivity contribution < 1.29 is 4.74 Å². The molecule has 0 fully saturated rings. The van der Waals surface area contributed by atoms with Crippen molar-refractivity contribution >= 4 is 0 Å². The monoisotopic (exact) mass is 205 g/mol. The van der Waals surface area contributed by atoms with Crippen LogP contribution < -0.4 is 10.5 Å². The van der Waals surface area contributed by atoms with E-state index in [4.69, 9.17) is 10.5 Å². The molecule has 0 aromatic heterocycles. The quantitative estimate of drug-likeness (QED) is 0.764. The summed E-state index contributed by atoms with van der Waals surface area (Å²) in [6.07, 6.45) is 0. The van der Waals surface area contributed by atoms with Crippen LogP contribution in [0.15, 0.2) is 24.3 Å². The number of hydrogen-bond acceptors (Lipinski definition) is 2. The summed E-state index contributed by atoms with van der Waals surface area (Å²) in [6.45, 7) is 7.26. The van der Waals surface area contributed by atoms with Gasteiger partial charge in [0.15, 0.2) is 0 Å². The first-order valence-corrected chi connectivity index (χ1v) is 5.47. The maximum absolute atomic E-state index is 6.29. The van der Waals surface area contributed by atoms with Gasteiger partial charge < -0.3 is 10.5 Å². The number of benzene rings is 1. The van der Waals surface area contributed by atoms with Crippen LogP contribution >= 0.6 is 0 Å². The van der Waals surface area contributed by atoms with E-state index in [1.54, 1.807) is 0 Å². The molecule has 0 saturated heterocycles. The smallest absolute Gasteiger partial charge is 0.122 e. The molecule has 2 unspecified atom stereocenters. The summed E-state index contributed by atoms with van der Waals surface area (Å²) < 4.78 is 5.65. The van der Waals surface area contributed by atoms with Crippen molar-refractivity contribution in [1.82, 2.24) is 0 Å². The highest BCUT2D eigenvalue weighted by molar-refractivity contribution is 5.40. The Morgan fingerprint density at radius 2 is 2.00 bits per heavy atom. The van der Waals surface area contributed by atoms with Crippen molar-refractivity contribution in [3.63, 3.8) is 0 Å². The summed E-state index contributed by atoms with van der Waals surface area (Å²) in [5.41, 5.74) is 7.67. The molecule has 1 aromatic rings. The van der Waals surface area contributed by atoms with Gasteiger partial charge in [-0.3, -0.25) is 0 Å². The molecule has 15 heavy (non-hydrogen) atoms. The summed E-state index contributed by atoms with van der Waals surface area (Å²) in [5.74, 6) is 1.34. The summed E-state index contributed by atoms with van der Waals surface area (Å²) in [5, 5.41) is 0. The van der Waals surface area contributed by atoms with E-state index >= 15 is 0 Å². The van der Waals surface area contributed by atoms with Gasteiger partial charge in [0.1, 0.15) is 5.75 Å². The lowest BCUT2D eigenvalue weighted by molar-refractivity contribution is 0.238. The van der Waals surface area contributed by atoms with Gasteiger partial charge in [0.25, 0.3) is 0 Å². The second-order valence-corrected chi connectivity index (χ2v) is 5.35. The third-order valence-corrected chi connectivity index (χ3v) is 3.17. The highest BCUT2D eigenvalue weighted by atomic mass is 16.5. The second-order valence-electron chi connectivity index (χ2n) is 5.35. The first-order chi connectivity index (χ1) is 7.00. The fraction of sp³-hybridized carbons (Fsp3) is 0.538. The third kappa shape index (κ3) is 1.86. The Morgan fingerprint density at radius 1 is 1.33 bits per heavy atom. The molecule has 0 spiro atoms. The second kappa shape index (κ2) is 3.53. The van der Waals surface area contributed by atoms with Crippen molar-refractivity contribution in [1.29, 1.82) is 0 Å². The van der Waals surface area contributed by atoms with Crippen LogP contribution in [0.1, 0.15) is 32.3 Å². The number of nitrogens with two attached hydrogens (primary N) is 1. The van der Waals surface area contributed by atoms with Crippen LogP contribution in [0.4, 0.5) is 0 Å². The van der Waals surface area contributed by atoms with Crippen LogP contribution in [-0.2, 0) is 0 Å². The fourth-order valence-electron chi connectivity index (χ4n) is 2.09. The Morgan fingerprint density at radius 3 is 2.67 bits per heavy atom. The molecule has 0 radical (unpaired) electrons. The zero-order valence-electron chi connectivity index (χ0n) is 9.66. The molecule has 2 atom stereocenters. The number of hydrogen-bond donors (Lipinski definition) is 1. The van der Waals surface area contributed by atoms with Crippen LogP contribution in [0.5, 0.6) is 5.75 Å². The van der Waals surface area contributed by atoms with Crippen LogP contribution in [-0.4, -0.2) is 12.6 Å². The lowest BCUT2D eigenvalue weighted by Gasteiger charge is -2.31. The average Bonchev–Trinajstić information content (AvgIpc) is 2.58. The van der Waals surface area contributed by atoms with Gasteiger partial charge in [-0.05, 0) is 11.5 Å². The summed E-state index contributed by atoms with van der Waals surface area (Å²) in [4.78, 5) is 0. The van der Waals surface area contributed by atoms with Gasteiger partial charge in [-0.25, -0.2) is 0 Å². The molecule has 0 aliphatic carbocycles. The third-order valence-electron chi connectivity index (χ3n) is 3.17. The molecule has 1 aliphatic heterocycles. The summed E-state index contributed by atoms with van der Waals surface area (Å²) in [7, 11) is 0. The highest BCUT2D eigenvalue weighted by Gasteiger charge is 2.35. The van der Waals surface area contributed by atoms with Crippen molar-refractivity contribution in [3.05, 3.63) is 29.8 Å². The molecule has 82 valence electrons. The molecule has 2 rings (SSSR count). The minimum atomic E-state index is 0.117. The van der Waals surface area contributed by atoms with E-state index in [9.17, 15) is 0 Å². The fourth-order valence-corrected chi connectivity index (χ4v) is 2.09. The molecule has 0 saturated carbocycles. The lowest BCUT2D eigenvalue weighted by atomic mass is 9.77. The molecule has 0 bridgehead atoms. The van der Waals surface area contributed by atoms with Gasteiger partial charge in [-0.15, -0.1) is 0 Å². The Bertz CT molecular complexity index is 354. The minimum absolute atomic E-state index is 0.117. The van der Waals surface area contributed by atoms with E-state index in [2.05, 4.69) is 32.9 Å². The Kier molecular flexibility index (Phi) is 2.47. The average molecular weight is 205 g/mol. The van der Waals surface area contributed by atoms with Crippen LogP contribution in [0, 0.1) is 5.41 Å². The molecule has 1 heterocycles. The number of fused-ring (bicyclic) bond motifs is 1. The van der Waals surface area contributed by atoms with Gasteiger partial charge in [0, 0.05) is 17.5 Å². The first kappa shape index (κ1) is 10.5. The standard InChI is InChI=1S/C13H19NO/c1-13(2,3)12(14)10-8-15-11-7-5-4-6-9(10)11/h4-7,10,12H,8,14H2,1-3H3. The summed E-state index contributed by atoms with van der Waals surface area (Å²) >= 11 is 0. The predicted molar refractivity (Wildman–Crippen MR) is 62.1 cm³/mol. The summed E-state index contributed by atoms with van der Waals surface area (Å²) in [6, 6.07) is 8.34. The Labute approximate surface area is 91.4 Å². The van der Waals surface area contributed by atoms with Crippen LogP contribution in [0.2, 0.25) is 0 Å². The van der Waals surface area contributed by atoms with Crippen LogP contribution in [0.25, 0.3) is 0 Å².